The van der Waals surface area contributed by atoms with E-state index in [1.807, 2.05) is 6.26 Å². The molecule has 1 atom stereocenters. The average molecular weight is 295 g/mol. The van der Waals surface area contributed by atoms with Gasteiger partial charge in [0.05, 0.1) is 5.60 Å². The van der Waals surface area contributed by atoms with E-state index in [0.717, 1.165) is 12.8 Å². The number of carbonyl (C=O) groups excluding carboxylic acids is 1. The van der Waals surface area contributed by atoms with E-state index in [-0.39, 0.29) is 5.91 Å². The van der Waals surface area contributed by atoms with Crippen molar-refractivity contribution >= 4 is 17.7 Å². The van der Waals surface area contributed by atoms with Crippen LogP contribution in [0.5, 0.6) is 0 Å². The van der Waals surface area contributed by atoms with E-state index >= 15 is 0 Å². The fourth-order valence-corrected chi connectivity index (χ4v) is 2.66. The summed E-state index contributed by atoms with van der Waals surface area (Å²) in [5, 5.41) is 12.8. The Morgan fingerprint density at radius 2 is 1.90 bits per heavy atom. The van der Waals surface area contributed by atoms with E-state index in [1.54, 1.807) is 18.7 Å². The van der Waals surface area contributed by atoms with Crippen molar-refractivity contribution in [3.8, 4) is 0 Å². The van der Waals surface area contributed by atoms with Crippen molar-refractivity contribution < 1.29 is 9.90 Å². The van der Waals surface area contributed by atoms with Crippen LogP contribution < -0.4 is 5.32 Å². The summed E-state index contributed by atoms with van der Waals surface area (Å²) in [5.74, 6) is 0.608. The fraction of sp³-hybridized carbons (Fsp3) is 0.562. The molecule has 0 spiro atoms. The Kier molecular flexibility index (Phi) is 7.10. The summed E-state index contributed by atoms with van der Waals surface area (Å²) in [6.45, 7) is 4.18. The largest absolute Gasteiger partial charge is 0.387 e. The van der Waals surface area contributed by atoms with Gasteiger partial charge in [0.25, 0.3) is 0 Å². The summed E-state index contributed by atoms with van der Waals surface area (Å²) in [6.07, 6.45) is 4.17. The zero-order chi connectivity index (χ0) is 15.0. The molecule has 4 heteroatoms. The van der Waals surface area contributed by atoms with Gasteiger partial charge in [0.1, 0.15) is 0 Å². The highest BCUT2D eigenvalue weighted by Crippen LogP contribution is 2.10. The van der Waals surface area contributed by atoms with E-state index in [2.05, 4.69) is 36.5 Å². The molecule has 0 radical (unpaired) electrons. The Balaban J connectivity index is 2.32. The predicted molar refractivity (Wildman–Crippen MR) is 86.2 cm³/mol. The first-order valence-corrected chi connectivity index (χ1v) is 8.42. The molecular weight excluding hydrogens is 270 g/mol. The molecule has 0 saturated heterocycles. The molecule has 0 aliphatic rings. The molecule has 0 aromatic heterocycles. The predicted octanol–water partition coefficient (Wildman–Crippen LogP) is 2.41. The summed E-state index contributed by atoms with van der Waals surface area (Å²) in [7, 11) is 0. The molecule has 1 aromatic rings. The molecule has 2 N–H and O–H groups in total. The zero-order valence-corrected chi connectivity index (χ0v) is 13.4. The number of rotatable bonds is 8. The number of amides is 1. The molecule has 0 aliphatic heterocycles. The Morgan fingerprint density at radius 3 is 2.45 bits per heavy atom. The molecule has 0 heterocycles. The van der Waals surface area contributed by atoms with E-state index in [0.29, 0.717) is 18.7 Å². The van der Waals surface area contributed by atoms with Gasteiger partial charge in [-0.2, -0.15) is 11.8 Å². The van der Waals surface area contributed by atoms with Crippen molar-refractivity contribution in [2.24, 2.45) is 0 Å². The molecule has 0 fully saturated rings. The molecule has 112 valence electrons. The Bertz CT molecular complexity index is 415. The molecule has 1 aromatic carbocycles. The van der Waals surface area contributed by atoms with Crippen LogP contribution >= 0.6 is 11.8 Å². The molecule has 0 bridgehead atoms. The minimum atomic E-state index is -0.835. The zero-order valence-electron chi connectivity index (χ0n) is 12.6. The first-order chi connectivity index (χ1) is 9.46. The highest BCUT2D eigenvalue weighted by Gasteiger charge is 2.20. The highest BCUT2D eigenvalue weighted by atomic mass is 32.2. The number of nitrogens with one attached hydrogen (secondary N) is 1. The standard InChI is InChI=1S/C16H25NO2S/c1-4-13-5-7-14(8-6-13)9-10-15(18)17-11-16(2,19)12-20-3/h5-8,19H,4,9-12H2,1-3H3,(H,17,18). The lowest BCUT2D eigenvalue weighted by molar-refractivity contribution is -0.122. The number of hydrogen-bond donors (Lipinski definition) is 2. The van der Waals surface area contributed by atoms with Gasteiger partial charge in [0.15, 0.2) is 0 Å². The topological polar surface area (TPSA) is 49.3 Å². The van der Waals surface area contributed by atoms with Gasteiger partial charge in [0.2, 0.25) is 5.91 Å². The molecule has 0 aliphatic carbocycles. The smallest absolute Gasteiger partial charge is 0.220 e. The minimum Gasteiger partial charge on any atom is -0.387 e. The highest BCUT2D eigenvalue weighted by molar-refractivity contribution is 7.98. The van der Waals surface area contributed by atoms with Crippen molar-refractivity contribution in [1.29, 1.82) is 0 Å². The maximum atomic E-state index is 11.8. The van der Waals surface area contributed by atoms with Gasteiger partial charge >= 0.3 is 0 Å². The third-order valence-corrected chi connectivity index (χ3v) is 4.10. The number of thioether (sulfide) groups is 1. The number of aliphatic hydroxyl groups is 1. The third-order valence-electron chi connectivity index (χ3n) is 3.19. The SMILES string of the molecule is CCc1ccc(CCC(=O)NCC(C)(O)CSC)cc1. The summed E-state index contributed by atoms with van der Waals surface area (Å²) in [5.41, 5.74) is 1.65. The summed E-state index contributed by atoms with van der Waals surface area (Å²) >= 11 is 1.57. The van der Waals surface area contributed by atoms with Crippen molar-refractivity contribution in [1.82, 2.24) is 5.32 Å². The van der Waals surface area contributed by atoms with Crippen molar-refractivity contribution in [3.63, 3.8) is 0 Å². The number of carbonyl (C=O) groups is 1. The van der Waals surface area contributed by atoms with Gasteiger partial charge in [-0.3, -0.25) is 4.79 Å². The Labute approximate surface area is 126 Å². The maximum Gasteiger partial charge on any atom is 0.220 e. The van der Waals surface area contributed by atoms with Crippen LogP contribution in [0.4, 0.5) is 0 Å². The van der Waals surface area contributed by atoms with Crippen LogP contribution in [0.2, 0.25) is 0 Å². The van der Waals surface area contributed by atoms with Crippen LogP contribution in [-0.4, -0.2) is 35.2 Å². The summed E-state index contributed by atoms with van der Waals surface area (Å²) < 4.78 is 0. The van der Waals surface area contributed by atoms with Crippen LogP contribution in [0.1, 0.15) is 31.4 Å². The van der Waals surface area contributed by atoms with E-state index in [9.17, 15) is 9.90 Å². The first-order valence-electron chi connectivity index (χ1n) is 7.02. The maximum absolute atomic E-state index is 11.8. The average Bonchev–Trinajstić information content (AvgIpc) is 2.43. The van der Waals surface area contributed by atoms with Crippen LogP contribution in [0.3, 0.4) is 0 Å². The lowest BCUT2D eigenvalue weighted by Gasteiger charge is -2.22. The minimum absolute atomic E-state index is 0.00838. The monoisotopic (exact) mass is 295 g/mol. The lowest BCUT2D eigenvalue weighted by atomic mass is 10.1. The van der Waals surface area contributed by atoms with Crippen LogP contribution in [-0.2, 0) is 17.6 Å². The lowest BCUT2D eigenvalue weighted by Crippen LogP contribution is -2.42. The fourth-order valence-electron chi connectivity index (χ4n) is 1.94. The van der Waals surface area contributed by atoms with Crippen molar-refractivity contribution in [3.05, 3.63) is 35.4 Å². The molecule has 1 amide bonds. The van der Waals surface area contributed by atoms with Gasteiger partial charge in [0, 0.05) is 18.7 Å². The molecule has 0 saturated carbocycles. The van der Waals surface area contributed by atoms with Crippen LogP contribution in [0.25, 0.3) is 0 Å². The quantitative estimate of drug-likeness (QED) is 0.774. The van der Waals surface area contributed by atoms with Gasteiger partial charge in [-0.25, -0.2) is 0 Å². The molecule has 3 nitrogen and oxygen atoms in total. The van der Waals surface area contributed by atoms with Gasteiger partial charge in [-0.05, 0) is 37.1 Å². The number of hydrogen-bond acceptors (Lipinski definition) is 3. The summed E-state index contributed by atoms with van der Waals surface area (Å²) in [6, 6.07) is 8.37. The summed E-state index contributed by atoms with van der Waals surface area (Å²) in [4.78, 5) is 11.8. The Morgan fingerprint density at radius 1 is 1.30 bits per heavy atom. The molecule has 1 rings (SSSR count). The van der Waals surface area contributed by atoms with Gasteiger partial charge in [-0.1, -0.05) is 31.2 Å². The third kappa shape index (κ3) is 6.44. The van der Waals surface area contributed by atoms with Gasteiger partial charge in [-0.15, -0.1) is 0 Å². The van der Waals surface area contributed by atoms with Gasteiger partial charge < -0.3 is 10.4 Å². The first kappa shape index (κ1) is 17.1. The Hall–Kier alpha value is -1.00. The second kappa shape index (κ2) is 8.32. The van der Waals surface area contributed by atoms with E-state index < -0.39 is 5.60 Å². The normalized spacial score (nSPS) is 13.8. The second-order valence-corrected chi connectivity index (χ2v) is 6.24. The van der Waals surface area contributed by atoms with Crippen LogP contribution in [0, 0.1) is 0 Å². The van der Waals surface area contributed by atoms with Crippen LogP contribution in [0.15, 0.2) is 24.3 Å². The van der Waals surface area contributed by atoms with Crippen molar-refractivity contribution in [2.75, 3.05) is 18.6 Å². The second-order valence-electron chi connectivity index (χ2n) is 5.38. The van der Waals surface area contributed by atoms with Crippen molar-refractivity contribution in [2.45, 2.75) is 38.7 Å². The number of benzene rings is 1. The number of aryl methyl sites for hydroxylation is 2. The molecular formula is C16H25NO2S. The molecule has 1 unspecified atom stereocenters. The van der Waals surface area contributed by atoms with E-state index in [4.69, 9.17) is 0 Å². The molecule has 20 heavy (non-hydrogen) atoms. The van der Waals surface area contributed by atoms with E-state index in [1.165, 1.54) is 11.1 Å².